The Morgan fingerprint density at radius 1 is 1.26 bits per heavy atom. The quantitative estimate of drug-likeness (QED) is 0.680. The summed E-state index contributed by atoms with van der Waals surface area (Å²) < 4.78 is 5.50. The molecular formula is C22H21ClN2O2. The fourth-order valence-corrected chi connectivity index (χ4v) is 3.78. The van der Waals surface area contributed by atoms with Crippen LogP contribution in [0.1, 0.15) is 29.3 Å². The predicted octanol–water partition coefficient (Wildman–Crippen LogP) is 5.15. The van der Waals surface area contributed by atoms with Gasteiger partial charge in [-0.15, -0.1) is 0 Å². The molecule has 0 bridgehead atoms. The van der Waals surface area contributed by atoms with E-state index in [2.05, 4.69) is 17.1 Å². The maximum absolute atomic E-state index is 12.8. The van der Waals surface area contributed by atoms with Crippen LogP contribution in [-0.2, 0) is 0 Å². The number of ether oxygens (including phenoxy) is 1. The second kappa shape index (κ2) is 7.49. The summed E-state index contributed by atoms with van der Waals surface area (Å²) in [6.45, 7) is 3.81. The van der Waals surface area contributed by atoms with Gasteiger partial charge in [0.05, 0.1) is 17.1 Å². The van der Waals surface area contributed by atoms with Gasteiger partial charge >= 0.3 is 0 Å². The predicted molar refractivity (Wildman–Crippen MR) is 109 cm³/mol. The monoisotopic (exact) mass is 380 g/mol. The van der Waals surface area contributed by atoms with E-state index in [9.17, 15) is 4.79 Å². The molecule has 0 fully saturated rings. The van der Waals surface area contributed by atoms with Crippen LogP contribution in [0.3, 0.4) is 0 Å². The Morgan fingerprint density at radius 2 is 2.11 bits per heavy atom. The van der Waals surface area contributed by atoms with Crippen molar-refractivity contribution < 1.29 is 9.53 Å². The molecule has 138 valence electrons. The van der Waals surface area contributed by atoms with Crippen LogP contribution in [0.25, 0.3) is 16.5 Å². The summed E-state index contributed by atoms with van der Waals surface area (Å²) in [6, 6.07) is 13.3. The van der Waals surface area contributed by atoms with Crippen molar-refractivity contribution >= 4 is 34.0 Å². The number of carbonyl (C=O) groups is 1. The molecule has 1 aromatic heterocycles. The van der Waals surface area contributed by atoms with E-state index in [0.717, 1.165) is 33.7 Å². The number of nitrogens with one attached hydrogen (secondary N) is 1. The number of benzene rings is 2. The highest BCUT2D eigenvalue weighted by Crippen LogP contribution is 2.32. The molecule has 0 saturated heterocycles. The van der Waals surface area contributed by atoms with Crippen LogP contribution in [-0.4, -0.2) is 35.5 Å². The minimum atomic E-state index is 0.0359. The molecule has 4 nitrogen and oxygen atoms in total. The van der Waals surface area contributed by atoms with Gasteiger partial charge in [-0.3, -0.25) is 4.79 Å². The molecule has 0 aliphatic carbocycles. The largest absolute Gasteiger partial charge is 0.494 e. The van der Waals surface area contributed by atoms with Gasteiger partial charge in [-0.2, -0.15) is 0 Å². The lowest BCUT2D eigenvalue weighted by molar-refractivity contribution is 0.0772. The molecule has 0 unspecified atom stereocenters. The first kappa shape index (κ1) is 17.7. The molecule has 2 heterocycles. The summed E-state index contributed by atoms with van der Waals surface area (Å²) in [5, 5.41) is 1.85. The van der Waals surface area contributed by atoms with Crippen LogP contribution in [0.4, 0.5) is 0 Å². The topological polar surface area (TPSA) is 45.3 Å². The Labute approximate surface area is 163 Å². The Bertz CT molecular complexity index is 1020. The van der Waals surface area contributed by atoms with Crippen LogP contribution in [0.2, 0.25) is 5.02 Å². The van der Waals surface area contributed by atoms with Crippen LogP contribution < -0.4 is 4.74 Å². The molecule has 2 aromatic carbocycles. The maximum atomic E-state index is 12.8. The van der Waals surface area contributed by atoms with E-state index < -0.39 is 0 Å². The van der Waals surface area contributed by atoms with E-state index in [1.165, 1.54) is 5.57 Å². The van der Waals surface area contributed by atoms with E-state index in [1.54, 1.807) is 0 Å². The number of hydrogen-bond donors (Lipinski definition) is 1. The van der Waals surface area contributed by atoms with Crippen molar-refractivity contribution in [1.82, 2.24) is 9.88 Å². The van der Waals surface area contributed by atoms with Gasteiger partial charge in [0, 0.05) is 35.8 Å². The van der Waals surface area contributed by atoms with Crippen LogP contribution in [0.5, 0.6) is 5.75 Å². The molecule has 0 saturated carbocycles. The van der Waals surface area contributed by atoms with Crippen molar-refractivity contribution in [3.8, 4) is 5.75 Å². The number of nitrogens with zero attached hydrogens (tertiary/aromatic N) is 1. The zero-order chi connectivity index (χ0) is 18.8. The number of hydrogen-bond acceptors (Lipinski definition) is 2. The number of amides is 1. The summed E-state index contributed by atoms with van der Waals surface area (Å²) in [7, 11) is 0. The zero-order valence-corrected chi connectivity index (χ0v) is 15.9. The van der Waals surface area contributed by atoms with Crippen molar-refractivity contribution in [3.05, 3.63) is 70.9 Å². The second-order valence-corrected chi connectivity index (χ2v) is 6.96. The van der Waals surface area contributed by atoms with Crippen molar-refractivity contribution in [1.29, 1.82) is 0 Å². The summed E-state index contributed by atoms with van der Waals surface area (Å²) >= 11 is 6.26. The molecule has 27 heavy (non-hydrogen) atoms. The summed E-state index contributed by atoms with van der Waals surface area (Å²) in [5.41, 5.74) is 4.03. The smallest absolute Gasteiger partial charge is 0.254 e. The number of para-hydroxylation sites is 1. The highest BCUT2D eigenvalue weighted by atomic mass is 35.5. The summed E-state index contributed by atoms with van der Waals surface area (Å²) in [6.07, 6.45) is 4.96. The number of rotatable bonds is 4. The average molecular weight is 381 g/mol. The van der Waals surface area contributed by atoms with E-state index >= 15 is 0 Å². The fourth-order valence-electron chi connectivity index (χ4n) is 3.55. The third-order valence-electron chi connectivity index (χ3n) is 4.90. The Morgan fingerprint density at radius 3 is 2.89 bits per heavy atom. The molecule has 1 aliphatic rings. The highest BCUT2D eigenvalue weighted by Gasteiger charge is 2.21. The third kappa shape index (κ3) is 3.45. The number of aromatic nitrogens is 1. The fraction of sp³-hybridized carbons (Fsp3) is 0.227. The molecule has 0 atom stereocenters. The maximum Gasteiger partial charge on any atom is 0.254 e. The molecule has 1 aliphatic heterocycles. The minimum Gasteiger partial charge on any atom is -0.494 e. The second-order valence-electron chi connectivity index (χ2n) is 6.56. The van der Waals surface area contributed by atoms with Gasteiger partial charge in [0.15, 0.2) is 0 Å². The first-order valence-corrected chi connectivity index (χ1v) is 9.52. The van der Waals surface area contributed by atoms with Crippen LogP contribution in [0.15, 0.2) is 54.7 Å². The van der Waals surface area contributed by atoms with E-state index in [4.69, 9.17) is 16.3 Å². The van der Waals surface area contributed by atoms with Gasteiger partial charge in [-0.05, 0) is 43.2 Å². The molecule has 1 amide bonds. The van der Waals surface area contributed by atoms with Gasteiger partial charge < -0.3 is 14.6 Å². The number of halogens is 1. The van der Waals surface area contributed by atoms with E-state index in [-0.39, 0.29) is 5.91 Å². The Balaban J connectivity index is 1.53. The van der Waals surface area contributed by atoms with Gasteiger partial charge in [0.25, 0.3) is 5.91 Å². The van der Waals surface area contributed by atoms with Gasteiger partial charge in [-0.1, -0.05) is 35.9 Å². The average Bonchev–Trinajstić information content (AvgIpc) is 3.14. The number of aromatic amines is 1. The molecule has 0 spiro atoms. The van der Waals surface area contributed by atoms with Gasteiger partial charge in [-0.25, -0.2) is 0 Å². The first-order valence-electron chi connectivity index (χ1n) is 9.14. The molecule has 5 heteroatoms. The minimum absolute atomic E-state index is 0.0359. The van der Waals surface area contributed by atoms with Gasteiger partial charge in [0.2, 0.25) is 0 Å². The molecule has 1 N–H and O–H groups in total. The number of H-pyrrole nitrogens is 1. The summed E-state index contributed by atoms with van der Waals surface area (Å²) in [5.74, 6) is 0.765. The lowest BCUT2D eigenvalue weighted by Crippen LogP contribution is -2.34. The van der Waals surface area contributed by atoms with Crippen LogP contribution >= 0.6 is 11.6 Å². The standard InChI is InChI=1S/C22H21ClN2O2/c1-2-27-17-6-3-5-16(13-17)22(26)25-11-9-15(10-12-25)19-14-24-21-18(19)7-4-8-20(21)23/h3-9,13-14,24H,2,10-12H2,1H3. The van der Waals surface area contributed by atoms with E-state index in [1.807, 2.05) is 54.4 Å². The molecule has 0 radical (unpaired) electrons. The van der Waals surface area contributed by atoms with Crippen molar-refractivity contribution in [2.24, 2.45) is 0 Å². The van der Waals surface area contributed by atoms with Crippen molar-refractivity contribution in [3.63, 3.8) is 0 Å². The molecule has 3 aromatic rings. The Kier molecular flexibility index (Phi) is 4.90. The SMILES string of the molecule is CCOc1cccc(C(=O)N2CC=C(c3c[nH]c4c(Cl)cccc34)CC2)c1. The van der Waals surface area contributed by atoms with Crippen molar-refractivity contribution in [2.45, 2.75) is 13.3 Å². The molecular weight excluding hydrogens is 360 g/mol. The summed E-state index contributed by atoms with van der Waals surface area (Å²) in [4.78, 5) is 18.0. The van der Waals surface area contributed by atoms with Crippen molar-refractivity contribution in [2.75, 3.05) is 19.7 Å². The number of carbonyl (C=O) groups excluding carboxylic acids is 1. The van der Waals surface area contributed by atoms with Gasteiger partial charge in [0.1, 0.15) is 5.75 Å². The first-order chi connectivity index (χ1) is 13.2. The third-order valence-corrected chi connectivity index (χ3v) is 5.21. The lowest BCUT2D eigenvalue weighted by atomic mass is 9.98. The lowest BCUT2D eigenvalue weighted by Gasteiger charge is -2.26. The molecule has 4 rings (SSSR count). The van der Waals surface area contributed by atoms with E-state index in [0.29, 0.717) is 25.3 Å². The van der Waals surface area contributed by atoms with Crippen LogP contribution in [0, 0.1) is 0 Å². The zero-order valence-electron chi connectivity index (χ0n) is 15.2. The highest BCUT2D eigenvalue weighted by molar-refractivity contribution is 6.35. The normalized spacial score (nSPS) is 14.3. The number of fused-ring (bicyclic) bond motifs is 1. The Hall–Kier alpha value is -2.72.